The summed E-state index contributed by atoms with van der Waals surface area (Å²) in [6, 6.07) is 6.46. The smallest absolute Gasteiger partial charge is 0.332 e. The molecule has 0 saturated heterocycles. The second kappa shape index (κ2) is 12.6. The van der Waals surface area contributed by atoms with Crippen LogP contribution < -0.4 is 0 Å². The number of para-hydroxylation sites is 1. The van der Waals surface area contributed by atoms with Gasteiger partial charge in [-0.05, 0) is 116 Å². The van der Waals surface area contributed by atoms with Gasteiger partial charge >= 0.3 is 5.97 Å². The van der Waals surface area contributed by atoms with Gasteiger partial charge < -0.3 is 19.7 Å². The molecule has 0 heterocycles. The molecule has 1 aromatic rings. The van der Waals surface area contributed by atoms with Crippen molar-refractivity contribution in [2.24, 2.45) is 52.3 Å². The Kier molecular flexibility index (Phi) is 9.46. The Balaban J connectivity index is 1.14. The van der Waals surface area contributed by atoms with Gasteiger partial charge in [0.1, 0.15) is 18.5 Å². The molecule has 230 valence electrons. The molecule has 0 bridgehead atoms. The first-order chi connectivity index (χ1) is 19.5. The van der Waals surface area contributed by atoms with E-state index in [9.17, 15) is 15.0 Å². The van der Waals surface area contributed by atoms with Crippen LogP contribution in [0.5, 0.6) is 5.75 Å². The number of carbonyl (C=O) groups is 1. The third-order valence-electron chi connectivity index (χ3n) is 12.7. The van der Waals surface area contributed by atoms with Gasteiger partial charge in [-0.2, -0.15) is 0 Å². The lowest BCUT2D eigenvalue weighted by Crippen LogP contribution is -2.54. The van der Waals surface area contributed by atoms with E-state index in [4.69, 9.17) is 9.47 Å². The fourth-order valence-corrected chi connectivity index (χ4v) is 10.5. The highest BCUT2D eigenvalue weighted by molar-refractivity contribution is 5.71. The van der Waals surface area contributed by atoms with Gasteiger partial charge in [-0.1, -0.05) is 72.1 Å². The number of aliphatic hydroxyl groups excluding tert-OH is 1. The number of aromatic hydroxyl groups is 1. The average Bonchev–Trinajstić information content (AvgIpc) is 3.29. The zero-order valence-corrected chi connectivity index (χ0v) is 26.3. The zero-order chi connectivity index (χ0) is 29.4. The maximum Gasteiger partial charge on any atom is 0.332 e. The first-order valence-electron chi connectivity index (χ1n) is 16.8. The molecule has 1 aromatic carbocycles. The lowest BCUT2D eigenvalue weighted by Gasteiger charge is -2.61. The molecule has 0 spiro atoms. The standard InChI is InChI=1S/C36H56O5/c1-23(2)9-8-10-24(3)29-15-16-30-27-14-13-25-21-26(17-19-35(25,4)31(27)18-20-36(29,30)5)41-33(38)22-40-34(39)28-11-6-7-12-32(28)37/h6-7,11-12,23-27,29-31,34,37,39H,8-10,13-22H2,1-5H3/t24?,25?,26?,27?,29-,30?,31?,34?,35+,36-/m1/s1. The molecule has 0 radical (unpaired) electrons. The van der Waals surface area contributed by atoms with Crippen LogP contribution in [0.4, 0.5) is 0 Å². The Labute approximate surface area is 248 Å². The van der Waals surface area contributed by atoms with Gasteiger partial charge in [0.05, 0.1) is 0 Å². The minimum atomic E-state index is -1.36. The van der Waals surface area contributed by atoms with Crippen LogP contribution in [-0.2, 0) is 14.3 Å². The number of hydrogen-bond acceptors (Lipinski definition) is 5. The predicted octanol–water partition coefficient (Wildman–Crippen LogP) is 8.43. The minimum Gasteiger partial charge on any atom is -0.507 e. The summed E-state index contributed by atoms with van der Waals surface area (Å²) in [4.78, 5) is 12.6. The monoisotopic (exact) mass is 568 g/mol. The van der Waals surface area contributed by atoms with E-state index in [1.807, 2.05) is 0 Å². The number of carbonyl (C=O) groups excluding carboxylic acids is 1. The number of aliphatic hydroxyl groups is 1. The first-order valence-corrected chi connectivity index (χ1v) is 16.8. The molecule has 0 aliphatic heterocycles. The predicted molar refractivity (Wildman–Crippen MR) is 162 cm³/mol. The number of ether oxygens (including phenoxy) is 2. The molecule has 4 fully saturated rings. The van der Waals surface area contributed by atoms with Crippen LogP contribution in [0.3, 0.4) is 0 Å². The van der Waals surface area contributed by atoms with E-state index in [2.05, 4.69) is 34.6 Å². The van der Waals surface area contributed by atoms with E-state index >= 15 is 0 Å². The molecule has 0 amide bonds. The number of phenolic OH excluding ortho intramolecular Hbond substituents is 1. The summed E-state index contributed by atoms with van der Waals surface area (Å²) in [5.74, 6) is 5.25. The second-order valence-electron chi connectivity index (χ2n) is 15.3. The highest BCUT2D eigenvalue weighted by atomic mass is 16.6. The molecule has 5 rings (SSSR count). The van der Waals surface area contributed by atoms with Crippen molar-refractivity contribution in [1.82, 2.24) is 0 Å². The van der Waals surface area contributed by atoms with Crippen molar-refractivity contribution in [3.05, 3.63) is 29.8 Å². The van der Waals surface area contributed by atoms with E-state index in [0.717, 1.165) is 54.8 Å². The van der Waals surface area contributed by atoms with Crippen molar-refractivity contribution >= 4 is 5.97 Å². The summed E-state index contributed by atoms with van der Waals surface area (Å²) < 4.78 is 11.2. The maximum atomic E-state index is 12.6. The molecule has 41 heavy (non-hydrogen) atoms. The van der Waals surface area contributed by atoms with Gasteiger partial charge in [0, 0.05) is 5.56 Å². The molecule has 5 heteroatoms. The summed E-state index contributed by atoms with van der Waals surface area (Å²) in [6.45, 7) is 12.2. The normalized spacial score (nSPS) is 38.0. The molecule has 4 aliphatic carbocycles. The fourth-order valence-electron chi connectivity index (χ4n) is 10.5. The van der Waals surface area contributed by atoms with Crippen LogP contribution in [0, 0.1) is 52.3 Å². The molecular weight excluding hydrogens is 512 g/mol. The van der Waals surface area contributed by atoms with Crippen LogP contribution in [-0.4, -0.2) is 28.9 Å². The van der Waals surface area contributed by atoms with Crippen molar-refractivity contribution in [2.75, 3.05) is 6.61 Å². The number of fused-ring (bicyclic) bond motifs is 5. The zero-order valence-electron chi connectivity index (χ0n) is 26.3. The molecular formula is C36H56O5. The first kappa shape index (κ1) is 30.9. The summed E-state index contributed by atoms with van der Waals surface area (Å²) in [6.07, 6.45) is 14.0. The van der Waals surface area contributed by atoms with Gasteiger partial charge in [-0.3, -0.25) is 0 Å². The topological polar surface area (TPSA) is 76.0 Å². The Morgan fingerprint density at radius 3 is 2.44 bits per heavy atom. The van der Waals surface area contributed by atoms with Crippen LogP contribution >= 0.6 is 0 Å². The van der Waals surface area contributed by atoms with Crippen LogP contribution in [0.25, 0.3) is 0 Å². The van der Waals surface area contributed by atoms with E-state index in [-0.39, 0.29) is 24.0 Å². The van der Waals surface area contributed by atoms with E-state index in [0.29, 0.717) is 16.7 Å². The summed E-state index contributed by atoms with van der Waals surface area (Å²) in [7, 11) is 0. The second-order valence-corrected chi connectivity index (χ2v) is 15.3. The summed E-state index contributed by atoms with van der Waals surface area (Å²) >= 11 is 0. The van der Waals surface area contributed by atoms with Crippen molar-refractivity contribution in [1.29, 1.82) is 0 Å². The average molecular weight is 569 g/mol. The Morgan fingerprint density at radius 2 is 1.68 bits per heavy atom. The Morgan fingerprint density at radius 1 is 0.951 bits per heavy atom. The van der Waals surface area contributed by atoms with Crippen molar-refractivity contribution in [3.63, 3.8) is 0 Å². The maximum absolute atomic E-state index is 12.6. The molecule has 4 saturated carbocycles. The lowest BCUT2D eigenvalue weighted by atomic mass is 9.44. The quantitative estimate of drug-likeness (QED) is 0.219. The van der Waals surface area contributed by atoms with Crippen LogP contribution in [0.1, 0.15) is 124 Å². The third kappa shape index (κ3) is 6.23. The Bertz CT molecular complexity index is 1040. The molecule has 4 aliphatic rings. The number of phenols is 1. The van der Waals surface area contributed by atoms with Gasteiger partial charge in [0.25, 0.3) is 0 Å². The van der Waals surface area contributed by atoms with Crippen LogP contribution in [0.15, 0.2) is 24.3 Å². The molecule has 10 atom stereocenters. The molecule has 0 aromatic heterocycles. The third-order valence-corrected chi connectivity index (χ3v) is 12.7. The number of benzene rings is 1. The van der Waals surface area contributed by atoms with Crippen molar-refractivity contribution in [3.8, 4) is 5.75 Å². The molecule has 2 N–H and O–H groups in total. The summed E-state index contributed by atoms with van der Waals surface area (Å²) in [5.41, 5.74) is 1.13. The van der Waals surface area contributed by atoms with Gasteiger partial charge in [0.15, 0.2) is 6.29 Å². The Hall–Kier alpha value is -1.59. The summed E-state index contributed by atoms with van der Waals surface area (Å²) in [5, 5.41) is 20.2. The highest BCUT2D eigenvalue weighted by Crippen LogP contribution is 2.68. The van der Waals surface area contributed by atoms with Crippen molar-refractivity contribution in [2.45, 2.75) is 124 Å². The molecule has 5 nitrogen and oxygen atoms in total. The number of rotatable bonds is 10. The minimum absolute atomic E-state index is 0.0529. The highest BCUT2D eigenvalue weighted by Gasteiger charge is 2.60. The molecule has 7 unspecified atom stereocenters. The fraction of sp³-hybridized carbons (Fsp3) is 0.806. The lowest BCUT2D eigenvalue weighted by molar-refractivity contribution is -0.177. The van der Waals surface area contributed by atoms with Crippen LogP contribution in [0.2, 0.25) is 0 Å². The van der Waals surface area contributed by atoms with E-state index in [1.54, 1.807) is 18.2 Å². The van der Waals surface area contributed by atoms with Gasteiger partial charge in [-0.25, -0.2) is 4.79 Å². The SMILES string of the molecule is CC(C)CCCC(C)[C@H]1CCC2C3CCC4CC(OC(=O)COC(O)c5ccccc5O)CC[C@]4(C)C3CC[C@@]21C. The van der Waals surface area contributed by atoms with E-state index < -0.39 is 12.3 Å². The van der Waals surface area contributed by atoms with Gasteiger partial charge in [-0.15, -0.1) is 0 Å². The van der Waals surface area contributed by atoms with Gasteiger partial charge in [0.2, 0.25) is 0 Å². The van der Waals surface area contributed by atoms with E-state index in [1.165, 1.54) is 63.9 Å². The number of hydrogen-bond donors (Lipinski definition) is 2. The largest absolute Gasteiger partial charge is 0.507 e. The van der Waals surface area contributed by atoms with Crippen molar-refractivity contribution < 1.29 is 24.5 Å². The number of esters is 1.